The highest BCUT2D eigenvalue weighted by Gasteiger charge is 2.25. The molecule has 0 bridgehead atoms. The average molecular weight is 327 g/mol. The Labute approximate surface area is 141 Å². The smallest absolute Gasteiger partial charge is 0.254 e. The lowest BCUT2D eigenvalue weighted by atomic mass is 10.0. The summed E-state index contributed by atoms with van der Waals surface area (Å²) in [7, 11) is 0. The van der Waals surface area contributed by atoms with Crippen molar-refractivity contribution in [2.45, 2.75) is 36.5 Å². The molecule has 2 aromatic heterocycles. The molecule has 1 aliphatic rings. The number of aromatic nitrogens is 2. The Hall–Kier alpha value is -1.88. The van der Waals surface area contributed by atoms with Gasteiger partial charge >= 0.3 is 0 Å². The maximum absolute atomic E-state index is 12.7. The Kier molecular flexibility index (Phi) is 5.28. The van der Waals surface area contributed by atoms with Crippen molar-refractivity contribution in [2.75, 3.05) is 13.1 Å². The van der Waals surface area contributed by atoms with Crippen LogP contribution in [0.2, 0.25) is 0 Å². The van der Waals surface area contributed by atoms with Gasteiger partial charge < -0.3 is 4.90 Å². The summed E-state index contributed by atoms with van der Waals surface area (Å²) in [5.74, 6) is 0.144. The number of piperidine rings is 1. The zero-order chi connectivity index (χ0) is 16.1. The number of hydrogen-bond acceptors (Lipinski definition) is 4. The van der Waals surface area contributed by atoms with Gasteiger partial charge in [0.25, 0.3) is 5.91 Å². The fourth-order valence-electron chi connectivity index (χ4n) is 2.85. The molecule has 4 nitrogen and oxygen atoms in total. The molecule has 3 heterocycles. The molecule has 0 unspecified atom stereocenters. The van der Waals surface area contributed by atoms with E-state index in [-0.39, 0.29) is 5.91 Å². The Morgan fingerprint density at radius 3 is 2.78 bits per heavy atom. The van der Waals surface area contributed by atoms with Crippen LogP contribution in [0.5, 0.6) is 0 Å². The summed E-state index contributed by atoms with van der Waals surface area (Å²) in [6, 6.07) is 7.84. The van der Waals surface area contributed by atoms with Crippen molar-refractivity contribution < 1.29 is 4.79 Å². The van der Waals surface area contributed by atoms with E-state index in [4.69, 9.17) is 0 Å². The van der Waals surface area contributed by atoms with Crippen LogP contribution in [0.4, 0.5) is 0 Å². The number of carbonyl (C=O) groups excluding carboxylic acids is 1. The summed E-state index contributed by atoms with van der Waals surface area (Å²) in [4.78, 5) is 23.2. The van der Waals surface area contributed by atoms with Gasteiger partial charge in [-0.25, -0.2) is 4.98 Å². The van der Waals surface area contributed by atoms with Crippen LogP contribution in [0.1, 0.15) is 35.7 Å². The zero-order valence-electron chi connectivity index (χ0n) is 13.3. The van der Waals surface area contributed by atoms with Crippen LogP contribution in [0, 0.1) is 0 Å². The Bertz CT molecular complexity index is 654. The lowest BCUT2D eigenvalue weighted by molar-refractivity contribution is 0.0726. The predicted molar refractivity (Wildman–Crippen MR) is 92.6 cm³/mol. The van der Waals surface area contributed by atoms with Crippen molar-refractivity contribution >= 4 is 17.7 Å². The van der Waals surface area contributed by atoms with Gasteiger partial charge in [-0.2, -0.15) is 0 Å². The fraction of sp³-hybridized carbons (Fsp3) is 0.389. The first kappa shape index (κ1) is 16.0. The first-order valence-electron chi connectivity index (χ1n) is 8.07. The van der Waals surface area contributed by atoms with Crippen molar-refractivity contribution in [3.63, 3.8) is 0 Å². The number of rotatable bonds is 4. The van der Waals surface area contributed by atoms with Gasteiger partial charge in [0.1, 0.15) is 0 Å². The molecule has 1 amide bonds. The Morgan fingerprint density at radius 1 is 1.26 bits per heavy atom. The third kappa shape index (κ3) is 3.91. The highest BCUT2D eigenvalue weighted by atomic mass is 32.2. The highest BCUT2D eigenvalue weighted by Crippen LogP contribution is 2.29. The summed E-state index contributed by atoms with van der Waals surface area (Å²) in [5, 5.41) is 1.61. The molecule has 0 atom stereocenters. The molecule has 0 spiro atoms. The minimum Gasteiger partial charge on any atom is -0.339 e. The predicted octanol–water partition coefficient (Wildman–Crippen LogP) is 3.44. The van der Waals surface area contributed by atoms with E-state index in [9.17, 15) is 4.79 Å². The molecule has 0 N–H and O–H groups in total. The number of pyridine rings is 2. The van der Waals surface area contributed by atoms with E-state index in [0.717, 1.165) is 48.5 Å². The van der Waals surface area contributed by atoms with Gasteiger partial charge in [-0.15, -0.1) is 11.8 Å². The van der Waals surface area contributed by atoms with Gasteiger partial charge in [-0.05, 0) is 43.0 Å². The molecule has 2 aromatic rings. The number of thioether (sulfide) groups is 1. The number of aryl methyl sites for hydroxylation is 1. The lowest BCUT2D eigenvalue weighted by Crippen LogP contribution is -2.39. The van der Waals surface area contributed by atoms with Gasteiger partial charge in [0.05, 0.1) is 5.03 Å². The van der Waals surface area contributed by atoms with Crippen LogP contribution in [-0.2, 0) is 6.42 Å². The van der Waals surface area contributed by atoms with Crippen molar-refractivity contribution in [3.8, 4) is 0 Å². The van der Waals surface area contributed by atoms with Gasteiger partial charge in [-0.3, -0.25) is 9.78 Å². The second-order valence-corrected chi connectivity index (χ2v) is 6.98. The molecule has 1 saturated heterocycles. The molecular weight excluding hydrogens is 306 g/mol. The van der Waals surface area contributed by atoms with Crippen LogP contribution in [0.3, 0.4) is 0 Å². The quantitative estimate of drug-likeness (QED) is 0.863. The van der Waals surface area contributed by atoms with Crippen molar-refractivity contribution in [3.05, 3.63) is 54.0 Å². The maximum atomic E-state index is 12.7. The van der Waals surface area contributed by atoms with Crippen LogP contribution in [0.15, 0.2) is 47.9 Å². The van der Waals surface area contributed by atoms with Crippen LogP contribution in [-0.4, -0.2) is 39.1 Å². The first-order valence-corrected chi connectivity index (χ1v) is 8.95. The highest BCUT2D eigenvalue weighted by molar-refractivity contribution is 7.99. The molecule has 5 heteroatoms. The van der Waals surface area contributed by atoms with Crippen molar-refractivity contribution in [1.29, 1.82) is 0 Å². The molecular formula is C18H21N3OS. The summed E-state index contributed by atoms with van der Waals surface area (Å²) >= 11 is 1.82. The van der Waals surface area contributed by atoms with E-state index in [1.807, 2.05) is 47.1 Å². The second kappa shape index (κ2) is 7.59. The SMILES string of the molecule is CCc1cnccc1C(=O)N1CCC(Sc2ccccn2)CC1. The zero-order valence-corrected chi connectivity index (χ0v) is 14.1. The molecule has 1 aliphatic heterocycles. The molecule has 0 aliphatic carbocycles. The molecule has 0 saturated carbocycles. The van der Waals surface area contributed by atoms with Crippen molar-refractivity contribution in [1.82, 2.24) is 14.9 Å². The number of hydrogen-bond donors (Lipinski definition) is 0. The average Bonchev–Trinajstić information content (AvgIpc) is 2.62. The topological polar surface area (TPSA) is 46.1 Å². The number of amides is 1. The van der Waals surface area contributed by atoms with E-state index in [0.29, 0.717) is 5.25 Å². The van der Waals surface area contributed by atoms with Crippen LogP contribution >= 0.6 is 11.8 Å². The Balaban J connectivity index is 1.59. The molecule has 0 radical (unpaired) electrons. The van der Waals surface area contributed by atoms with E-state index in [2.05, 4.69) is 16.9 Å². The maximum Gasteiger partial charge on any atom is 0.254 e. The van der Waals surface area contributed by atoms with Gasteiger partial charge in [0.15, 0.2) is 0 Å². The molecule has 120 valence electrons. The summed E-state index contributed by atoms with van der Waals surface area (Å²) in [6.45, 7) is 3.69. The van der Waals surface area contributed by atoms with Gasteiger partial charge in [0.2, 0.25) is 0 Å². The largest absolute Gasteiger partial charge is 0.339 e. The number of carbonyl (C=O) groups is 1. The minimum absolute atomic E-state index is 0.144. The van der Waals surface area contributed by atoms with Gasteiger partial charge in [0, 0.05) is 42.5 Å². The number of likely N-dealkylation sites (tertiary alicyclic amines) is 1. The van der Waals surface area contributed by atoms with E-state index >= 15 is 0 Å². The van der Waals surface area contributed by atoms with E-state index in [1.165, 1.54) is 0 Å². The fourth-order valence-corrected chi connectivity index (χ4v) is 3.92. The normalized spacial score (nSPS) is 15.6. The second-order valence-electron chi connectivity index (χ2n) is 5.66. The first-order chi connectivity index (χ1) is 11.3. The molecule has 1 fully saturated rings. The third-order valence-corrected chi connectivity index (χ3v) is 5.46. The van der Waals surface area contributed by atoms with E-state index < -0.39 is 0 Å². The summed E-state index contributed by atoms with van der Waals surface area (Å²) in [5.41, 5.74) is 1.83. The summed E-state index contributed by atoms with van der Waals surface area (Å²) in [6.07, 6.45) is 8.20. The van der Waals surface area contributed by atoms with Crippen LogP contribution < -0.4 is 0 Å². The Morgan fingerprint density at radius 2 is 2.09 bits per heavy atom. The van der Waals surface area contributed by atoms with Crippen molar-refractivity contribution in [2.24, 2.45) is 0 Å². The number of nitrogens with zero attached hydrogens (tertiary/aromatic N) is 3. The molecule has 3 rings (SSSR count). The summed E-state index contributed by atoms with van der Waals surface area (Å²) < 4.78 is 0. The molecule has 0 aromatic carbocycles. The van der Waals surface area contributed by atoms with E-state index in [1.54, 1.807) is 12.4 Å². The third-order valence-electron chi connectivity index (χ3n) is 4.17. The standard InChI is InChI=1S/C18H21N3OS/c1-2-14-13-19-10-6-16(14)18(22)21-11-7-15(8-12-21)23-17-5-3-4-9-20-17/h3-6,9-10,13,15H,2,7-8,11-12H2,1H3. The monoisotopic (exact) mass is 327 g/mol. The van der Waals surface area contributed by atoms with Gasteiger partial charge in [-0.1, -0.05) is 13.0 Å². The minimum atomic E-state index is 0.144. The van der Waals surface area contributed by atoms with Crippen LogP contribution in [0.25, 0.3) is 0 Å². The molecule has 23 heavy (non-hydrogen) atoms. The lowest BCUT2D eigenvalue weighted by Gasteiger charge is -2.32.